The maximum Gasteiger partial charge on any atom is 0.304 e. The highest BCUT2D eigenvalue weighted by Crippen LogP contribution is 2.28. The Kier molecular flexibility index (Phi) is 5.12. The van der Waals surface area contributed by atoms with E-state index in [2.05, 4.69) is 4.72 Å². The number of amides is 1. The molecule has 1 aromatic heterocycles. The molecule has 1 aliphatic heterocycles. The number of rotatable bonds is 4. The molecule has 140 valence electrons. The first-order valence-corrected chi connectivity index (χ1v) is 9.55. The van der Waals surface area contributed by atoms with Crippen LogP contribution in [0.2, 0.25) is 0 Å². The second kappa shape index (κ2) is 7.18. The maximum atomic E-state index is 14.2. The Labute approximate surface area is 151 Å². The second-order valence-corrected chi connectivity index (χ2v) is 7.77. The molecule has 26 heavy (non-hydrogen) atoms. The van der Waals surface area contributed by atoms with Crippen LogP contribution in [-0.2, 0) is 22.0 Å². The zero-order valence-corrected chi connectivity index (χ0v) is 15.3. The maximum absolute atomic E-state index is 14.2. The summed E-state index contributed by atoms with van der Waals surface area (Å²) in [6.07, 6.45) is 1.48. The number of nitrogens with zero attached hydrogens (tertiary/aromatic N) is 2. The molecule has 3 rings (SSSR count). The van der Waals surface area contributed by atoms with Crippen LogP contribution < -0.4 is 4.72 Å². The van der Waals surface area contributed by atoms with Gasteiger partial charge in [-0.15, -0.1) is 0 Å². The van der Waals surface area contributed by atoms with E-state index >= 15 is 0 Å². The molecule has 7 nitrogen and oxygen atoms in total. The van der Waals surface area contributed by atoms with Gasteiger partial charge < -0.3 is 9.30 Å². The Bertz CT molecular complexity index is 913. The highest BCUT2D eigenvalue weighted by atomic mass is 32.2. The second-order valence-electron chi connectivity index (χ2n) is 6.10. The lowest BCUT2D eigenvalue weighted by Crippen LogP contribution is -2.48. The summed E-state index contributed by atoms with van der Waals surface area (Å²) in [5.74, 6) is -1.16. The van der Waals surface area contributed by atoms with Gasteiger partial charge in [-0.05, 0) is 24.6 Å². The zero-order valence-electron chi connectivity index (χ0n) is 14.5. The molecule has 0 atom stereocenters. The molecule has 0 saturated carbocycles. The molecule has 2 heterocycles. The first kappa shape index (κ1) is 18.6. The van der Waals surface area contributed by atoms with E-state index in [0.717, 1.165) is 5.56 Å². The average molecular weight is 381 g/mol. The Hall–Kier alpha value is -2.23. The summed E-state index contributed by atoms with van der Waals surface area (Å²) < 4.78 is 48.8. The minimum Gasteiger partial charge on any atom is -0.379 e. The van der Waals surface area contributed by atoms with Crippen LogP contribution in [0.5, 0.6) is 0 Å². The van der Waals surface area contributed by atoms with Crippen molar-refractivity contribution in [3.8, 4) is 11.3 Å². The van der Waals surface area contributed by atoms with Crippen molar-refractivity contribution in [2.75, 3.05) is 26.3 Å². The number of carbonyl (C=O) groups is 1. The van der Waals surface area contributed by atoms with Gasteiger partial charge in [-0.3, -0.25) is 4.79 Å². The highest BCUT2D eigenvalue weighted by Gasteiger charge is 2.27. The average Bonchev–Trinajstić information content (AvgIpc) is 2.97. The molecule has 1 fully saturated rings. The van der Waals surface area contributed by atoms with Crippen LogP contribution >= 0.6 is 0 Å². The van der Waals surface area contributed by atoms with Crippen LogP contribution in [0.1, 0.15) is 15.9 Å². The lowest BCUT2D eigenvalue weighted by atomic mass is 10.0. The molecule has 1 aromatic carbocycles. The summed E-state index contributed by atoms with van der Waals surface area (Å²) in [7, 11) is -2.27. The summed E-state index contributed by atoms with van der Waals surface area (Å²) in [6.45, 7) is 2.73. The van der Waals surface area contributed by atoms with Crippen molar-refractivity contribution in [1.82, 2.24) is 13.6 Å². The molecule has 0 radical (unpaired) electrons. The van der Waals surface area contributed by atoms with Gasteiger partial charge >= 0.3 is 10.2 Å². The topological polar surface area (TPSA) is 80.6 Å². The summed E-state index contributed by atoms with van der Waals surface area (Å²) in [6, 6.07) is 6.21. The predicted molar refractivity (Wildman–Crippen MR) is 94.3 cm³/mol. The molecule has 0 unspecified atom stereocenters. The lowest BCUT2D eigenvalue weighted by Gasteiger charge is -2.25. The largest absolute Gasteiger partial charge is 0.379 e. The first-order valence-electron chi connectivity index (χ1n) is 8.11. The van der Waals surface area contributed by atoms with Crippen LogP contribution in [0.4, 0.5) is 4.39 Å². The number of morpholine rings is 1. The predicted octanol–water partition coefficient (Wildman–Crippen LogP) is 1.45. The van der Waals surface area contributed by atoms with Gasteiger partial charge in [0.2, 0.25) is 0 Å². The third-order valence-electron chi connectivity index (χ3n) is 4.28. The summed E-state index contributed by atoms with van der Waals surface area (Å²) in [5, 5.41) is 0. The van der Waals surface area contributed by atoms with Gasteiger partial charge in [-0.1, -0.05) is 12.1 Å². The van der Waals surface area contributed by atoms with Gasteiger partial charge in [-0.2, -0.15) is 12.7 Å². The number of carbonyl (C=O) groups excluding carboxylic acids is 1. The van der Waals surface area contributed by atoms with Gasteiger partial charge in [-0.25, -0.2) is 9.11 Å². The first-order chi connectivity index (χ1) is 12.3. The minimum absolute atomic E-state index is 0.141. The van der Waals surface area contributed by atoms with Crippen LogP contribution in [0.15, 0.2) is 30.5 Å². The van der Waals surface area contributed by atoms with Gasteiger partial charge in [0.05, 0.1) is 24.5 Å². The Morgan fingerprint density at radius 3 is 2.62 bits per heavy atom. The molecule has 0 bridgehead atoms. The van der Waals surface area contributed by atoms with Crippen molar-refractivity contribution < 1.29 is 22.3 Å². The summed E-state index contributed by atoms with van der Waals surface area (Å²) in [4.78, 5) is 12.4. The lowest BCUT2D eigenvalue weighted by molar-refractivity contribution is 0.0719. The van der Waals surface area contributed by atoms with Crippen molar-refractivity contribution >= 4 is 16.1 Å². The summed E-state index contributed by atoms with van der Waals surface area (Å²) >= 11 is 0. The monoisotopic (exact) mass is 381 g/mol. The minimum atomic E-state index is -3.94. The number of aryl methyl sites for hydroxylation is 2. The van der Waals surface area contributed by atoms with E-state index in [1.54, 1.807) is 30.7 Å². The van der Waals surface area contributed by atoms with Crippen LogP contribution in [0.3, 0.4) is 0 Å². The number of nitrogens with one attached hydrogen (secondary N) is 1. The molecule has 1 N–H and O–H groups in total. The van der Waals surface area contributed by atoms with E-state index in [1.165, 1.54) is 22.6 Å². The Balaban J connectivity index is 1.86. The summed E-state index contributed by atoms with van der Waals surface area (Å²) in [5.41, 5.74) is 1.74. The van der Waals surface area contributed by atoms with Crippen molar-refractivity contribution in [2.45, 2.75) is 6.92 Å². The number of ether oxygens (including phenoxy) is 1. The van der Waals surface area contributed by atoms with E-state index in [9.17, 15) is 17.6 Å². The molecule has 0 spiro atoms. The molecule has 1 amide bonds. The Morgan fingerprint density at radius 2 is 1.96 bits per heavy atom. The number of hydrogen-bond acceptors (Lipinski definition) is 4. The van der Waals surface area contributed by atoms with Crippen molar-refractivity contribution in [1.29, 1.82) is 0 Å². The third-order valence-corrected chi connectivity index (χ3v) is 5.77. The number of hydrogen-bond donors (Lipinski definition) is 1. The quantitative estimate of drug-likeness (QED) is 0.869. The molecular weight excluding hydrogens is 361 g/mol. The fourth-order valence-electron chi connectivity index (χ4n) is 2.92. The van der Waals surface area contributed by atoms with E-state index in [-0.39, 0.29) is 31.9 Å². The highest BCUT2D eigenvalue weighted by molar-refractivity contribution is 7.87. The van der Waals surface area contributed by atoms with Crippen molar-refractivity contribution in [2.24, 2.45) is 7.05 Å². The smallest absolute Gasteiger partial charge is 0.304 e. The van der Waals surface area contributed by atoms with Crippen molar-refractivity contribution in [3.63, 3.8) is 0 Å². The molecule has 0 aliphatic carbocycles. The van der Waals surface area contributed by atoms with Gasteiger partial charge in [0.1, 0.15) is 5.82 Å². The van der Waals surface area contributed by atoms with E-state index in [4.69, 9.17) is 4.74 Å². The molecule has 9 heteroatoms. The van der Waals surface area contributed by atoms with Gasteiger partial charge in [0.25, 0.3) is 5.91 Å². The van der Waals surface area contributed by atoms with E-state index < -0.39 is 21.9 Å². The molecule has 1 aliphatic rings. The third kappa shape index (κ3) is 3.64. The SMILES string of the molecule is Cc1cccc(F)c1-c1cc(C(=O)NS(=O)(=O)N2CCOCC2)cn1C. The normalized spacial score (nSPS) is 15.8. The van der Waals surface area contributed by atoms with Gasteiger partial charge in [0.15, 0.2) is 0 Å². The van der Waals surface area contributed by atoms with E-state index in [1.807, 2.05) is 0 Å². The zero-order chi connectivity index (χ0) is 18.9. The molecule has 2 aromatic rings. The van der Waals surface area contributed by atoms with Crippen LogP contribution in [0.25, 0.3) is 11.3 Å². The fraction of sp³-hybridized carbons (Fsp3) is 0.353. The van der Waals surface area contributed by atoms with Gasteiger partial charge in [0, 0.05) is 31.9 Å². The molecule has 1 saturated heterocycles. The number of halogens is 1. The fourth-order valence-corrected chi connectivity index (χ4v) is 4.03. The van der Waals surface area contributed by atoms with Crippen molar-refractivity contribution in [3.05, 3.63) is 47.4 Å². The molecular formula is C17H20FN3O4S. The van der Waals surface area contributed by atoms with Crippen LogP contribution in [0, 0.1) is 12.7 Å². The standard InChI is InChI=1S/C17H20FN3O4S/c1-12-4-3-5-14(18)16(12)15-10-13(11-20(15)2)17(22)19-26(23,24)21-6-8-25-9-7-21/h3-5,10-11H,6-9H2,1-2H3,(H,19,22). The van der Waals surface area contributed by atoms with Crippen LogP contribution in [-0.4, -0.2) is 49.5 Å². The Morgan fingerprint density at radius 1 is 1.27 bits per heavy atom. The number of benzene rings is 1. The van der Waals surface area contributed by atoms with E-state index in [0.29, 0.717) is 11.3 Å². The number of aromatic nitrogens is 1.